The predicted molar refractivity (Wildman–Crippen MR) is 156 cm³/mol. The third-order valence-electron chi connectivity index (χ3n) is 7.15. The molecule has 0 N–H and O–H groups in total. The highest BCUT2D eigenvalue weighted by Gasteiger charge is 2.15. The summed E-state index contributed by atoms with van der Waals surface area (Å²) in [7, 11) is 0. The van der Waals surface area contributed by atoms with Gasteiger partial charge in [-0.05, 0) is 30.3 Å². The normalized spacial score (nSPS) is 11.6. The summed E-state index contributed by atoms with van der Waals surface area (Å²) in [5.41, 5.74) is 7.72. The molecule has 39 heavy (non-hydrogen) atoms. The van der Waals surface area contributed by atoms with E-state index in [1.165, 1.54) is 0 Å². The van der Waals surface area contributed by atoms with E-state index in [1.54, 1.807) is 6.20 Å². The first-order valence-electron chi connectivity index (χ1n) is 12.8. The van der Waals surface area contributed by atoms with Crippen LogP contribution in [0.3, 0.4) is 0 Å². The molecule has 0 atom stereocenters. The molecule has 182 valence electrons. The average molecular weight is 501 g/mol. The Morgan fingerprint density at radius 1 is 0.487 bits per heavy atom. The van der Waals surface area contributed by atoms with E-state index >= 15 is 0 Å². The predicted octanol–water partition coefficient (Wildman–Crippen LogP) is 8.47. The van der Waals surface area contributed by atoms with Crippen molar-refractivity contribution < 1.29 is 4.42 Å². The summed E-state index contributed by atoms with van der Waals surface area (Å²) in [6.07, 6.45) is 1.78. The summed E-state index contributed by atoms with van der Waals surface area (Å²) in [4.78, 5) is 19.5. The standard InChI is InChI=1S/C34H20N4O/c1-2-7-23(8-3-1)34-35-20-19-29(38-34)28-18-16-22-14-13-21-15-17-27(36-31(21)32(22)37-28)26-11-6-10-25-24-9-4-5-12-30(24)39-33(25)26/h1-20H. The number of rotatable bonds is 3. The summed E-state index contributed by atoms with van der Waals surface area (Å²) in [6, 6.07) is 38.6. The Balaban J connectivity index is 1.31. The molecule has 0 bridgehead atoms. The summed E-state index contributed by atoms with van der Waals surface area (Å²) in [5, 5.41) is 4.24. The fourth-order valence-electron chi connectivity index (χ4n) is 5.24. The van der Waals surface area contributed by atoms with Gasteiger partial charge in [-0.1, -0.05) is 84.9 Å². The van der Waals surface area contributed by atoms with Gasteiger partial charge in [-0.15, -0.1) is 0 Å². The molecule has 0 amide bonds. The highest BCUT2D eigenvalue weighted by Crippen LogP contribution is 2.36. The second-order valence-corrected chi connectivity index (χ2v) is 9.51. The van der Waals surface area contributed by atoms with Crippen LogP contribution in [-0.4, -0.2) is 19.9 Å². The Labute approximate surface area is 223 Å². The molecule has 0 aliphatic rings. The van der Waals surface area contributed by atoms with Gasteiger partial charge in [0.15, 0.2) is 5.82 Å². The number of para-hydroxylation sites is 2. The summed E-state index contributed by atoms with van der Waals surface area (Å²) in [5.74, 6) is 0.673. The third-order valence-corrected chi connectivity index (χ3v) is 7.15. The molecular formula is C34H20N4O. The molecule has 0 spiro atoms. The van der Waals surface area contributed by atoms with Crippen molar-refractivity contribution in [2.24, 2.45) is 0 Å². The maximum absolute atomic E-state index is 6.29. The van der Waals surface area contributed by atoms with Gasteiger partial charge in [0.2, 0.25) is 0 Å². The van der Waals surface area contributed by atoms with Crippen LogP contribution in [0.15, 0.2) is 126 Å². The summed E-state index contributed by atoms with van der Waals surface area (Å²) in [6.45, 7) is 0. The van der Waals surface area contributed by atoms with Gasteiger partial charge < -0.3 is 4.42 Å². The van der Waals surface area contributed by atoms with Gasteiger partial charge in [0.1, 0.15) is 11.2 Å². The minimum atomic E-state index is 0.673. The van der Waals surface area contributed by atoms with E-state index in [9.17, 15) is 0 Å². The van der Waals surface area contributed by atoms with Gasteiger partial charge in [0.05, 0.1) is 28.1 Å². The van der Waals surface area contributed by atoms with Gasteiger partial charge in [-0.25, -0.2) is 19.9 Å². The molecule has 5 nitrogen and oxygen atoms in total. The third kappa shape index (κ3) is 3.55. The Morgan fingerprint density at radius 2 is 1.15 bits per heavy atom. The van der Waals surface area contributed by atoms with Crippen LogP contribution < -0.4 is 0 Å². The number of benzene rings is 4. The second-order valence-electron chi connectivity index (χ2n) is 9.51. The van der Waals surface area contributed by atoms with E-state index in [2.05, 4.69) is 59.6 Å². The van der Waals surface area contributed by atoms with Crippen LogP contribution in [0.1, 0.15) is 0 Å². The Bertz CT molecular complexity index is 2180. The van der Waals surface area contributed by atoms with Crippen LogP contribution in [0.2, 0.25) is 0 Å². The van der Waals surface area contributed by atoms with Crippen molar-refractivity contribution in [1.29, 1.82) is 0 Å². The quantitative estimate of drug-likeness (QED) is 0.228. The highest BCUT2D eigenvalue weighted by atomic mass is 16.3. The molecule has 0 saturated carbocycles. The highest BCUT2D eigenvalue weighted by molar-refractivity contribution is 6.10. The lowest BCUT2D eigenvalue weighted by Crippen LogP contribution is -1.94. The zero-order valence-corrected chi connectivity index (χ0v) is 20.7. The van der Waals surface area contributed by atoms with E-state index in [0.717, 1.165) is 72.0 Å². The van der Waals surface area contributed by atoms with Crippen molar-refractivity contribution in [3.63, 3.8) is 0 Å². The molecule has 0 aliphatic carbocycles. The van der Waals surface area contributed by atoms with Crippen molar-refractivity contribution in [3.8, 4) is 34.0 Å². The maximum atomic E-state index is 6.29. The van der Waals surface area contributed by atoms with E-state index in [-0.39, 0.29) is 0 Å². The van der Waals surface area contributed by atoms with Gasteiger partial charge in [0, 0.05) is 38.9 Å². The fourth-order valence-corrected chi connectivity index (χ4v) is 5.24. The Kier molecular flexibility index (Phi) is 4.76. The molecule has 8 rings (SSSR count). The average Bonchev–Trinajstić information content (AvgIpc) is 3.40. The van der Waals surface area contributed by atoms with Crippen LogP contribution in [0.25, 0.3) is 77.8 Å². The Morgan fingerprint density at radius 3 is 2.00 bits per heavy atom. The minimum Gasteiger partial charge on any atom is -0.455 e. The first kappa shape index (κ1) is 21.6. The SMILES string of the molecule is c1ccc(-c2nccc(-c3ccc4ccc5ccc(-c6cccc7c6oc6ccccc67)nc5c4n3)n2)cc1. The molecule has 0 fully saturated rings. The number of furan rings is 1. The number of nitrogens with zero attached hydrogens (tertiary/aromatic N) is 4. The molecule has 4 heterocycles. The van der Waals surface area contributed by atoms with Gasteiger partial charge in [0.25, 0.3) is 0 Å². The van der Waals surface area contributed by atoms with Crippen LogP contribution in [0.4, 0.5) is 0 Å². The largest absolute Gasteiger partial charge is 0.455 e. The van der Waals surface area contributed by atoms with Crippen LogP contribution >= 0.6 is 0 Å². The van der Waals surface area contributed by atoms with Crippen molar-refractivity contribution in [3.05, 3.63) is 121 Å². The molecular weight excluding hydrogens is 480 g/mol. The monoisotopic (exact) mass is 500 g/mol. The van der Waals surface area contributed by atoms with E-state index in [1.807, 2.05) is 60.7 Å². The van der Waals surface area contributed by atoms with Gasteiger partial charge in [-0.3, -0.25) is 0 Å². The lowest BCUT2D eigenvalue weighted by atomic mass is 10.0. The molecule has 4 aromatic carbocycles. The number of fused-ring (bicyclic) bond motifs is 6. The van der Waals surface area contributed by atoms with E-state index in [4.69, 9.17) is 19.4 Å². The molecule has 5 heteroatoms. The number of hydrogen-bond acceptors (Lipinski definition) is 5. The van der Waals surface area contributed by atoms with Crippen molar-refractivity contribution in [2.75, 3.05) is 0 Å². The zero-order chi connectivity index (χ0) is 25.8. The molecule has 0 saturated heterocycles. The fraction of sp³-hybridized carbons (Fsp3) is 0. The lowest BCUT2D eigenvalue weighted by molar-refractivity contribution is 0.670. The van der Waals surface area contributed by atoms with Crippen molar-refractivity contribution in [1.82, 2.24) is 19.9 Å². The molecule has 4 aromatic heterocycles. The first-order chi connectivity index (χ1) is 19.3. The van der Waals surface area contributed by atoms with Crippen LogP contribution in [0, 0.1) is 0 Å². The molecule has 8 aromatic rings. The lowest BCUT2D eigenvalue weighted by Gasteiger charge is -2.09. The molecule has 0 radical (unpaired) electrons. The summed E-state index contributed by atoms with van der Waals surface area (Å²) < 4.78 is 6.29. The van der Waals surface area contributed by atoms with Gasteiger partial charge in [-0.2, -0.15) is 0 Å². The zero-order valence-electron chi connectivity index (χ0n) is 20.7. The second kappa shape index (κ2) is 8.57. The topological polar surface area (TPSA) is 64.7 Å². The Hall–Kier alpha value is -5.42. The van der Waals surface area contributed by atoms with Crippen LogP contribution in [-0.2, 0) is 0 Å². The molecule has 0 unspecified atom stereocenters. The number of pyridine rings is 2. The van der Waals surface area contributed by atoms with Gasteiger partial charge >= 0.3 is 0 Å². The van der Waals surface area contributed by atoms with Crippen molar-refractivity contribution >= 4 is 43.7 Å². The van der Waals surface area contributed by atoms with E-state index < -0.39 is 0 Å². The molecule has 0 aliphatic heterocycles. The minimum absolute atomic E-state index is 0.673. The maximum Gasteiger partial charge on any atom is 0.159 e. The van der Waals surface area contributed by atoms with Crippen LogP contribution in [0.5, 0.6) is 0 Å². The van der Waals surface area contributed by atoms with Crippen molar-refractivity contribution in [2.45, 2.75) is 0 Å². The number of aromatic nitrogens is 4. The van der Waals surface area contributed by atoms with E-state index in [0.29, 0.717) is 5.82 Å². The summed E-state index contributed by atoms with van der Waals surface area (Å²) >= 11 is 0. The smallest absolute Gasteiger partial charge is 0.159 e. The number of hydrogen-bond donors (Lipinski definition) is 0. The first-order valence-corrected chi connectivity index (χ1v) is 12.8.